The van der Waals surface area contributed by atoms with Crippen LogP contribution in [0.1, 0.15) is 30.9 Å². The van der Waals surface area contributed by atoms with Gasteiger partial charge in [0, 0.05) is 18.2 Å². The van der Waals surface area contributed by atoms with Crippen LogP contribution >= 0.6 is 0 Å². The molecule has 0 aliphatic heterocycles. The first-order chi connectivity index (χ1) is 8.02. The predicted molar refractivity (Wildman–Crippen MR) is 65.8 cm³/mol. The molecule has 0 amide bonds. The third-order valence-corrected chi connectivity index (χ3v) is 2.56. The lowest BCUT2D eigenvalue weighted by Gasteiger charge is -2.16. The van der Waals surface area contributed by atoms with Crippen molar-refractivity contribution in [2.75, 3.05) is 5.32 Å². The zero-order chi connectivity index (χ0) is 12.8. The number of hydrogen-bond donors (Lipinski definition) is 2. The van der Waals surface area contributed by atoms with E-state index in [1.807, 2.05) is 19.9 Å². The Morgan fingerprint density at radius 1 is 1.59 bits per heavy atom. The normalized spacial score (nSPS) is 11.6. The van der Waals surface area contributed by atoms with E-state index in [2.05, 4.69) is 11.4 Å². The largest absolute Gasteiger partial charge is 0.481 e. The molecule has 1 aromatic rings. The molecule has 4 nitrogen and oxygen atoms in total. The van der Waals surface area contributed by atoms with Crippen molar-refractivity contribution >= 4 is 11.7 Å². The third kappa shape index (κ3) is 4.15. The third-order valence-electron chi connectivity index (χ3n) is 2.56. The molecular formula is C13H16N2O2. The number of nitriles is 1. The van der Waals surface area contributed by atoms with Gasteiger partial charge in [-0.25, -0.2) is 0 Å². The second kappa shape index (κ2) is 5.90. The Labute approximate surface area is 101 Å². The van der Waals surface area contributed by atoms with Crippen molar-refractivity contribution in [3.63, 3.8) is 0 Å². The highest BCUT2D eigenvalue weighted by molar-refractivity contribution is 5.66. The van der Waals surface area contributed by atoms with Gasteiger partial charge in [-0.15, -0.1) is 0 Å². The maximum atomic E-state index is 10.5. The molecule has 0 aliphatic rings. The highest BCUT2D eigenvalue weighted by Crippen LogP contribution is 2.18. The predicted octanol–water partition coefficient (Wildman–Crippen LogP) is 2.53. The number of hydrogen-bond acceptors (Lipinski definition) is 3. The van der Waals surface area contributed by atoms with Crippen molar-refractivity contribution in [2.45, 2.75) is 32.7 Å². The Morgan fingerprint density at radius 2 is 2.29 bits per heavy atom. The fraction of sp³-hybridized carbons (Fsp3) is 0.385. The first-order valence-electron chi connectivity index (χ1n) is 5.52. The molecule has 17 heavy (non-hydrogen) atoms. The maximum absolute atomic E-state index is 10.5. The quantitative estimate of drug-likeness (QED) is 0.818. The first kappa shape index (κ1) is 13.0. The maximum Gasteiger partial charge on any atom is 0.303 e. The Balaban J connectivity index is 2.67. The molecule has 0 heterocycles. The van der Waals surface area contributed by atoms with Crippen LogP contribution in [0, 0.1) is 18.3 Å². The minimum atomic E-state index is -0.791. The number of nitrogens with zero attached hydrogens (tertiary/aromatic N) is 1. The SMILES string of the molecule is Cc1ccc(C#N)cc1NC(C)CCC(=O)O. The zero-order valence-corrected chi connectivity index (χ0v) is 10.0. The number of carboxylic acid groups (broad SMARTS) is 1. The van der Waals surface area contributed by atoms with Crippen LogP contribution in [0.15, 0.2) is 18.2 Å². The molecule has 0 radical (unpaired) electrons. The molecule has 0 aliphatic carbocycles. The second-order valence-corrected chi connectivity index (χ2v) is 4.12. The van der Waals surface area contributed by atoms with Gasteiger partial charge in [0.25, 0.3) is 0 Å². The fourth-order valence-corrected chi connectivity index (χ4v) is 1.52. The number of carboxylic acids is 1. The molecule has 1 rings (SSSR count). The molecule has 0 bridgehead atoms. The van der Waals surface area contributed by atoms with Crippen molar-refractivity contribution in [1.82, 2.24) is 0 Å². The van der Waals surface area contributed by atoms with Gasteiger partial charge in [0.1, 0.15) is 0 Å². The van der Waals surface area contributed by atoms with Gasteiger partial charge >= 0.3 is 5.97 Å². The van der Waals surface area contributed by atoms with Gasteiger partial charge in [-0.1, -0.05) is 6.07 Å². The molecule has 4 heteroatoms. The average Bonchev–Trinajstić information content (AvgIpc) is 2.29. The molecule has 1 aromatic carbocycles. The number of anilines is 1. The number of rotatable bonds is 5. The van der Waals surface area contributed by atoms with E-state index in [0.717, 1.165) is 11.3 Å². The molecule has 0 saturated carbocycles. The Morgan fingerprint density at radius 3 is 2.88 bits per heavy atom. The van der Waals surface area contributed by atoms with Crippen molar-refractivity contribution in [3.8, 4) is 6.07 Å². The van der Waals surface area contributed by atoms with Crippen LogP contribution in [0.2, 0.25) is 0 Å². The van der Waals surface area contributed by atoms with Crippen molar-refractivity contribution in [3.05, 3.63) is 29.3 Å². The van der Waals surface area contributed by atoms with E-state index in [1.165, 1.54) is 0 Å². The smallest absolute Gasteiger partial charge is 0.303 e. The van der Waals surface area contributed by atoms with Crippen LogP contribution in [0.3, 0.4) is 0 Å². The summed E-state index contributed by atoms with van der Waals surface area (Å²) in [6.45, 7) is 3.88. The summed E-state index contributed by atoms with van der Waals surface area (Å²) in [4.78, 5) is 10.5. The van der Waals surface area contributed by atoms with Crippen LogP contribution in [0.5, 0.6) is 0 Å². The summed E-state index contributed by atoms with van der Waals surface area (Å²) in [5, 5.41) is 20.6. The lowest BCUT2D eigenvalue weighted by Crippen LogP contribution is -2.17. The van der Waals surface area contributed by atoms with Crippen LogP contribution < -0.4 is 5.32 Å². The van der Waals surface area contributed by atoms with Crippen LogP contribution in [0.25, 0.3) is 0 Å². The molecule has 0 spiro atoms. The summed E-state index contributed by atoms with van der Waals surface area (Å²) in [7, 11) is 0. The number of aryl methyl sites for hydroxylation is 1. The highest BCUT2D eigenvalue weighted by atomic mass is 16.4. The molecule has 1 unspecified atom stereocenters. The summed E-state index contributed by atoms with van der Waals surface area (Å²) in [6, 6.07) is 7.58. The van der Waals surface area contributed by atoms with Gasteiger partial charge < -0.3 is 10.4 Å². The zero-order valence-electron chi connectivity index (χ0n) is 10.0. The molecule has 0 saturated heterocycles. The first-order valence-corrected chi connectivity index (χ1v) is 5.52. The summed E-state index contributed by atoms with van der Waals surface area (Å²) in [5.74, 6) is -0.791. The number of benzene rings is 1. The lowest BCUT2D eigenvalue weighted by atomic mass is 10.1. The molecule has 0 aromatic heterocycles. The fourth-order valence-electron chi connectivity index (χ4n) is 1.52. The topological polar surface area (TPSA) is 73.1 Å². The summed E-state index contributed by atoms with van der Waals surface area (Å²) < 4.78 is 0. The van der Waals surface area contributed by atoms with E-state index in [1.54, 1.807) is 12.1 Å². The summed E-state index contributed by atoms with van der Waals surface area (Å²) in [6.07, 6.45) is 0.705. The highest BCUT2D eigenvalue weighted by Gasteiger charge is 2.07. The van der Waals surface area contributed by atoms with Gasteiger partial charge in [0.05, 0.1) is 11.6 Å². The molecule has 90 valence electrons. The number of carbonyl (C=O) groups is 1. The van der Waals surface area contributed by atoms with Gasteiger partial charge in [0.15, 0.2) is 0 Å². The van der Waals surface area contributed by atoms with E-state index < -0.39 is 5.97 Å². The van der Waals surface area contributed by atoms with E-state index in [0.29, 0.717) is 12.0 Å². The van der Waals surface area contributed by atoms with Crippen LogP contribution in [-0.4, -0.2) is 17.1 Å². The van der Waals surface area contributed by atoms with Gasteiger partial charge in [0.2, 0.25) is 0 Å². The lowest BCUT2D eigenvalue weighted by molar-refractivity contribution is -0.137. The monoisotopic (exact) mass is 232 g/mol. The summed E-state index contributed by atoms with van der Waals surface area (Å²) >= 11 is 0. The molecule has 0 fully saturated rings. The summed E-state index contributed by atoms with van der Waals surface area (Å²) in [5.41, 5.74) is 2.54. The van der Waals surface area contributed by atoms with E-state index in [-0.39, 0.29) is 12.5 Å². The van der Waals surface area contributed by atoms with Gasteiger partial charge in [-0.3, -0.25) is 4.79 Å². The van der Waals surface area contributed by atoms with E-state index >= 15 is 0 Å². The van der Waals surface area contributed by atoms with Crippen molar-refractivity contribution in [2.24, 2.45) is 0 Å². The molecule has 2 N–H and O–H groups in total. The standard InChI is InChI=1S/C13H16N2O2/c1-9-3-5-11(8-14)7-12(9)15-10(2)4-6-13(16)17/h3,5,7,10,15H,4,6H2,1-2H3,(H,16,17). The molecular weight excluding hydrogens is 216 g/mol. The van der Waals surface area contributed by atoms with Crippen LogP contribution in [0.4, 0.5) is 5.69 Å². The Hall–Kier alpha value is -2.02. The average molecular weight is 232 g/mol. The number of nitrogens with one attached hydrogen (secondary N) is 1. The van der Waals surface area contributed by atoms with Crippen molar-refractivity contribution in [1.29, 1.82) is 5.26 Å². The second-order valence-electron chi connectivity index (χ2n) is 4.12. The van der Waals surface area contributed by atoms with E-state index in [4.69, 9.17) is 10.4 Å². The van der Waals surface area contributed by atoms with Crippen molar-refractivity contribution < 1.29 is 9.90 Å². The minimum absolute atomic E-state index is 0.0683. The minimum Gasteiger partial charge on any atom is -0.481 e. The Kier molecular flexibility index (Phi) is 4.53. The van der Waals surface area contributed by atoms with Gasteiger partial charge in [-0.2, -0.15) is 5.26 Å². The van der Waals surface area contributed by atoms with Crippen LogP contribution in [-0.2, 0) is 4.79 Å². The number of aliphatic carboxylic acids is 1. The Bertz CT molecular complexity index is 449. The molecule has 1 atom stereocenters. The van der Waals surface area contributed by atoms with Gasteiger partial charge in [-0.05, 0) is 38.0 Å². The van der Waals surface area contributed by atoms with E-state index in [9.17, 15) is 4.79 Å².